The molecule has 0 amide bonds. The Bertz CT molecular complexity index is 373. The van der Waals surface area contributed by atoms with Crippen LogP contribution in [0.1, 0.15) is 11.7 Å². The van der Waals surface area contributed by atoms with E-state index in [1.54, 1.807) is 0 Å². The highest BCUT2D eigenvalue weighted by molar-refractivity contribution is 6.30. The van der Waals surface area contributed by atoms with Crippen LogP contribution in [-0.2, 0) is 9.47 Å². The Labute approximate surface area is 101 Å². The molecule has 1 aliphatic heterocycles. The van der Waals surface area contributed by atoms with Gasteiger partial charge in [0.05, 0.1) is 13.2 Å². The zero-order valence-electron chi connectivity index (χ0n) is 8.71. The van der Waals surface area contributed by atoms with Gasteiger partial charge >= 0.3 is 6.18 Å². The third-order valence-electron chi connectivity index (χ3n) is 2.32. The lowest BCUT2D eigenvalue weighted by Gasteiger charge is -2.20. The molecule has 1 aromatic rings. The number of benzene rings is 1. The first kappa shape index (κ1) is 12.7. The molecule has 6 heteroatoms. The minimum absolute atomic E-state index is 0.0440. The summed E-state index contributed by atoms with van der Waals surface area (Å²) in [5, 5.41) is 0.389. The second-order valence-electron chi connectivity index (χ2n) is 3.76. The molecule has 1 saturated heterocycles. The third-order valence-corrected chi connectivity index (χ3v) is 2.57. The highest BCUT2D eigenvalue weighted by atomic mass is 35.5. The first-order valence-corrected chi connectivity index (χ1v) is 5.40. The molecule has 1 aromatic carbocycles. The van der Waals surface area contributed by atoms with Crippen LogP contribution in [0.5, 0.6) is 0 Å². The maximum Gasteiger partial charge on any atom is 0.418 e. The van der Waals surface area contributed by atoms with Crippen molar-refractivity contribution in [2.75, 3.05) is 13.2 Å². The fourth-order valence-electron chi connectivity index (χ4n) is 1.39. The minimum atomic E-state index is -4.44. The van der Waals surface area contributed by atoms with Crippen molar-refractivity contribution in [3.63, 3.8) is 0 Å². The summed E-state index contributed by atoms with van der Waals surface area (Å²) in [4.78, 5) is 0. The van der Waals surface area contributed by atoms with Gasteiger partial charge in [-0.2, -0.15) is 13.2 Å². The Morgan fingerprint density at radius 2 is 1.94 bits per heavy atom. The first-order valence-electron chi connectivity index (χ1n) is 5.02. The van der Waals surface area contributed by atoms with Crippen molar-refractivity contribution in [1.82, 2.24) is 0 Å². The number of rotatable bonds is 4. The van der Waals surface area contributed by atoms with E-state index in [1.165, 1.54) is 24.3 Å². The zero-order chi connectivity index (χ0) is 12.5. The van der Waals surface area contributed by atoms with Crippen LogP contribution in [0.2, 0.25) is 5.02 Å². The summed E-state index contributed by atoms with van der Waals surface area (Å²) in [5.41, 5.74) is 0.0440. The summed E-state index contributed by atoms with van der Waals surface area (Å²) >= 11 is 5.63. The largest absolute Gasteiger partial charge is 0.418 e. The summed E-state index contributed by atoms with van der Waals surface area (Å²) in [6.45, 7) is 0.415. The summed E-state index contributed by atoms with van der Waals surface area (Å²) in [7, 11) is 0. The van der Waals surface area contributed by atoms with Gasteiger partial charge in [0.25, 0.3) is 0 Å². The molecule has 0 radical (unpaired) electrons. The van der Waals surface area contributed by atoms with Crippen molar-refractivity contribution in [2.45, 2.75) is 18.4 Å². The van der Waals surface area contributed by atoms with Gasteiger partial charge in [-0.3, -0.25) is 0 Å². The van der Waals surface area contributed by atoms with Gasteiger partial charge in [0.1, 0.15) is 6.10 Å². The predicted octanol–water partition coefficient (Wildman–Crippen LogP) is 3.36. The fraction of sp³-hybridized carbons (Fsp3) is 0.455. The van der Waals surface area contributed by atoms with Crippen molar-refractivity contribution >= 4 is 11.6 Å². The standard InChI is InChI=1S/C11H10ClF3O2/c12-8-3-1-7(2-4-8)10(11(13,14)15)17-6-9-5-16-9/h1-4,9-10H,5-6H2/t9-,10-/m0/s1. The maximum absolute atomic E-state index is 12.8. The molecule has 0 bridgehead atoms. The smallest absolute Gasteiger partial charge is 0.371 e. The second-order valence-corrected chi connectivity index (χ2v) is 4.20. The molecular weight excluding hydrogens is 257 g/mol. The van der Waals surface area contributed by atoms with Crippen molar-refractivity contribution < 1.29 is 22.6 Å². The van der Waals surface area contributed by atoms with Gasteiger partial charge in [0.15, 0.2) is 6.10 Å². The summed E-state index contributed by atoms with van der Waals surface area (Å²) in [5.74, 6) is 0. The molecule has 2 rings (SSSR count). The molecule has 2 atom stereocenters. The molecule has 17 heavy (non-hydrogen) atoms. The molecule has 0 aromatic heterocycles. The number of epoxide rings is 1. The van der Waals surface area contributed by atoms with Crippen LogP contribution in [0.4, 0.5) is 13.2 Å². The number of hydrogen-bond acceptors (Lipinski definition) is 2. The van der Waals surface area contributed by atoms with Gasteiger partial charge in [-0.1, -0.05) is 23.7 Å². The van der Waals surface area contributed by atoms with Gasteiger partial charge in [0.2, 0.25) is 0 Å². The molecule has 1 heterocycles. The molecule has 1 aliphatic rings. The second kappa shape index (κ2) is 4.84. The summed E-state index contributed by atoms with van der Waals surface area (Å²) in [6.07, 6.45) is -6.57. The summed E-state index contributed by atoms with van der Waals surface area (Å²) in [6, 6.07) is 5.45. The van der Waals surface area contributed by atoms with Crippen LogP contribution in [0.15, 0.2) is 24.3 Å². The zero-order valence-corrected chi connectivity index (χ0v) is 9.46. The van der Waals surface area contributed by atoms with E-state index in [4.69, 9.17) is 21.1 Å². The SMILES string of the molecule is FC(F)(F)[C@@H](OC[C@@H]1CO1)c1ccc(Cl)cc1. The van der Waals surface area contributed by atoms with Crippen LogP contribution in [0, 0.1) is 0 Å². The monoisotopic (exact) mass is 266 g/mol. The number of hydrogen-bond donors (Lipinski definition) is 0. The minimum Gasteiger partial charge on any atom is -0.371 e. The first-order chi connectivity index (χ1) is 7.97. The number of alkyl halides is 3. The number of ether oxygens (including phenoxy) is 2. The van der Waals surface area contributed by atoms with E-state index >= 15 is 0 Å². The average molecular weight is 267 g/mol. The molecule has 1 fully saturated rings. The van der Waals surface area contributed by atoms with Crippen LogP contribution in [0.25, 0.3) is 0 Å². The van der Waals surface area contributed by atoms with E-state index in [-0.39, 0.29) is 18.3 Å². The van der Waals surface area contributed by atoms with Crippen molar-refractivity contribution in [1.29, 1.82) is 0 Å². The lowest BCUT2D eigenvalue weighted by atomic mass is 10.1. The van der Waals surface area contributed by atoms with E-state index in [0.717, 1.165) is 0 Å². The number of halogens is 4. The van der Waals surface area contributed by atoms with Crippen molar-refractivity contribution in [2.24, 2.45) is 0 Å². The van der Waals surface area contributed by atoms with Crippen LogP contribution in [0.3, 0.4) is 0 Å². The molecule has 94 valence electrons. The average Bonchev–Trinajstić information content (AvgIpc) is 3.03. The van der Waals surface area contributed by atoms with Gasteiger partial charge in [-0.15, -0.1) is 0 Å². The van der Waals surface area contributed by atoms with E-state index in [1.807, 2.05) is 0 Å². The molecule has 0 unspecified atom stereocenters. The molecule has 0 N–H and O–H groups in total. The molecule has 0 saturated carbocycles. The van der Waals surface area contributed by atoms with Gasteiger partial charge < -0.3 is 9.47 Å². The molecule has 0 aliphatic carbocycles. The highest BCUT2D eigenvalue weighted by Gasteiger charge is 2.42. The van der Waals surface area contributed by atoms with Crippen LogP contribution < -0.4 is 0 Å². The van der Waals surface area contributed by atoms with E-state index in [0.29, 0.717) is 11.6 Å². The Hall–Kier alpha value is -0.780. The van der Waals surface area contributed by atoms with Gasteiger partial charge in [0, 0.05) is 5.02 Å². The Balaban J connectivity index is 2.10. The van der Waals surface area contributed by atoms with Crippen molar-refractivity contribution in [3.8, 4) is 0 Å². The maximum atomic E-state index is 12.8. The lowest BCUT2D eigenvalue weighted by Crippen LogP contribution is -2.25. The highest BCUT2D eigenvalue weighted by Crippen LogP contribution is 2.36. The normalized spacial score (nSPS) is 21.3. The Morgan fingerprint density at radius 3 is 2.41 bits per heavy atom. The topological polar surface area (TPSA) is 21.8 Å². The third kappa shape index (κ3) is 3.59. The van der Waals surface area contributed by atoms with Gasteiger partial charge in [-0.25, -0.2) is 0 Å². The van der Waals surface area contributed by atoms with Crippen molar-refractivity contribution in [3.05, 3.63) is 34.9 Å². The van der Waals surface area contributed by atoms with E-state index in [9.17, 15) is 13.2 Å². The van der Waals surface area contributed by atoms with E-state index < -0.39 is 12.3 Å². The summed E-state index contributed by atoms with van der Waals surface area (Å²) < 4.78 is 48.0. The van der Waals surface area contributed by atoms with E-state index in [2.05, 4.69) is 0 Å². The molecular formula is C11H10ClF3O2. The van der Waals surface area contributed by atoms with Crippen LogP contribution in [-0.4, -0.2) is 25.5 Å². The lowest BCUT2D eigenvalue weighted by molar-refractivity contribution is -0.224. The quantitative estimate of drug-likeness (QED) is 0.780. The van der Waals surface area contributed by atoms with Gasteiger partial charge in [-0.05, 0) is 17.7 Å². The molecule has 0 spiro atoms. The predicted molar refractivity (Wildman–Crippen MR) is 55.9 cm³/mol. The Morgan fingerprint density at radius 1 is 1.35 bits per heavy atom. The van der Waals surface area contributed by atoms with Crippen LogP contribution >= 0.6 is 11.6 Å². The molecule has 2 nitrogen and oxygen atoms in total. The Kier molecular flexibility index (Phi) is 3.61. The fourth-order valence-corrected chi connectivity index (χ4v) is 1.51.